The van der Waals surface area contributed by atoms with E-state index in [2.05, 4.69) is 4.98 Å². The summed E-state index contributed by atoms with van der Waals surface area (Å²) in [7, 11) is 1.59. The van der Waals surface area contributed by atoms with Crippen molar-refractivity contribution in [2.75, 3.05) is 7.11 Å². The Morgan fingerprint density at radius 1 is 1.25 bits per heavy atom. The molecule has 0 unspecified atom stereocenters. The normalized spacial score (nSPS) is 10.7. The van der Waals surface area contributed by atoms with Crippen LogP contribution in [0.5, 0.6) is 5.75 Å². The van der Waals surface area contributed by atoms with Gasteiger partial charge in [-0.3, -0.25) is 4.40 Å². The number of aromatic nitrogens is 2. The number of fused-ring (bicyclic) bond motifs is 1. The van der Waals surface area contributed by atoms with E-state index in [1.54, 1.807) is 25.4 Å². The van der Waals surface area contributed by atoms with Gasteiger partial charge in [-0.15, -0.1) is 0 Å². The lowest BCUT2D eigenvalue weighted by Crippen LogP contribution is -2.24. The van der Waals surface area contributed by atoms with Crippen LogP contribution < -0.4 is 9.84 Å². The maximum atomic E-state index is 11.1. The average Bonchev–Trinajstić information content (AvgIpc) is 2.91. The van der Waals surface area contributed by atoms with Gasteiger partial charge in [0.1, 0.15) is 11.4 Å². The Morgan fingerprint density at radius 3 is 2.80 bits per heavy atom. The van der Waals surface area contributed by atoms with Crippen LogP contribution in [0.3, 0.4) is 0 Å². The smallest absolute Gasteiger partial charge is 0.137 e. The average molecular weight is 267 g/mol. The molecular formula is C15H11N2O3-. The second-order valence-electron chi connectivity index (χ2n) is 4.28. The van der Waals surface area contributed by atoms with Crippen molar-refractivity contribution in [1.29, 1.82) is 0 Å². The zero-order chi connectivity index (χ0) is 14.1. The summed E-state index contributed by atoms with van der Waals surface area (Å²) in [5, 5.41) is 11.1. The number of methoxy groups -OCH3 is 1. The number of pyridine rings is 1. The molecule has 0 saturated heterocycles. The Labute approximate surface area is 115 Å². The van der Waals surface area contributed by atoms with Gasteiger partial charge in [0, 0.05) is 11.8 Å². The summed E-state index contributed by atoms with van der Waals surface area (Å²) in [6, 6.07) is 12.3. The number of carboxylic acids is 1. The number of aromatic carboxylic acids is 1. The summed E-state index contributed by atoms with van der Waals surface area (Å²) < 4.78 is 6.68. The van der Waals surface area contributed by atoms with Crippen LogP contribution in [0, 0.1) is 0 Å². The van der Waals surface area contributed by atoms with E-state index in [1.807, 2.05) is 24.3 Å². The van der Waals surface area contributed by atoms with E-state index in [4.69, 9.17) is 4.74 Å². The Balaban J connectivity index is 2.17. The molecule has 5 nitrogen and oxygen atoms in total. The molecule has 2 aromatic heterocycles. The van der Waals surface area contributed by atoms with Gasteiger partial charge in [0.2, 0.25) is 0 Å². The van der Waals surface area contributed by atoms with E-state index in [9.17, 15) is 9.90 Å². The predicted molar refractivity (Wildman–Crippen MR) is 71.5 cm³/mol. The third kappa shape index (κ3) is 1.99. The van der Waals surface area contributed by atoms with Crippen LogP contribution in [0.15, 0.2) is 48.7 Å². The Hall–Kier alpha value is -2.82. The van der Waals surface area contributed by atoms with E-state index < -0.39 is 5.97 Å². The maximum Gasteiger partial charge on any atom is 0.137 e. The van der Waals surface area contributed by atoms with Gasteiger partial charge >= 0.3 is 0 Å². The van der Waals surface area contributed by atoms with E-state index in [1.165, 1.54) is 10.5 Å². The van der Waals surface area contributed by atoms with Crippen LogP contribution in [-0.4, -0.2) is 22.5 Å². The van der Waals surface area contributed by atoms with Crippen LogP contribution in [0.25, 0.3) is 16.9 Å². The zero-order valence-electron chi connectivity index (χ0n) is 10.7. The molecule has 3 aromatic rings. The molecule has 0 aliphatic carbocycles. The molecule has 0 atom stereocenters. The number of carbonyl (C=O) groups is 1. The number of hydrogen-bond acceptors (Lipinski definition) is 4. The van der Waals surface area contributed by atoms with Crippen molar-refractivity contribution in [1.82, 2.24) is 9.38 Å². The number of hydrogen-bond donors (Lipinski definition) is 0. The topological polar surface area (TPSA) is 66.7 Å². The van der Waals surface area contributed by atoms with Crippen LogP contribution in [0.1, 0.15) is 10.5 Å². The Bertz CT molecular complexity index is 793. The van der Waals surface area contributed by atoms with Gasteiger partial charge in [0.25, 0.3) is 0 Å². The lowest BCUT2D eigenvalue weighted by Gasteiger charge is -2.04. The highest BCUT2D eigenvalue weighted by molar-refractivity contribution is 5.85. The molecule has 20 heavy (non-hydrogen) atoms. The van der Waals surface area contributed by atoms with Crippen LogP contribution in [0.4, 0.5) is 0 Å². The van der Waals surface area contributed by atoms with Gasteiger partial charge in [0.05, 0.1) is 24.5 Å². The van der Waals surface area contributed by atoms with Gasteiger partial charge in [-0.2, -0.15) is 0 Å². The van der Waals surface area contributed by atoms with Gasteiger partial charge in [-0.1, -0.05) is 18.2 Å². The second-order valence-corrected chi connectivity index (χ2v) is 4.28. The number of carboxylic acid groups (broad SMARTS) is 1. The number of carbonyl (C=O) groups excluding carboxylic acids is 1. The summed E-state index contributed by atoms with van der Waals surface area (Å²) in [5.41, 5.74) is 2.17. The molecule has 0 amide bonds. The first kappa shape index (κ1) is 12.2. The molecule has 0 aliphatic heterocycles. The van der Waals surface area contributed by atoms with E-state index in [0.29, 0.717) is 11.3 Å². The molecule has 1 aromatic carbocycles. The maximum absolute atomic E-state index is 11.1. The Morgan fingerprint density at radius 2 is 2.05 bits per heavy atom. The molecule has 3 rings (SSSR count). The van der Waals surface area contributed by atoms with Gasteiger partial charge in [-0.25, -0.2) is 4.98 Å². The van der Waals surface area contributed by atoms with Crippen LogP contribution in [0.2, 0.25) is 0 Å². The SMILES string of the molecule is COc1cccc(-c2cn3c(C(=O)[O-])cccc3n2)c1. The van der Waals surface area contributed by atoms with Crippen molar-refractivity contribution in [3.8, 4) is 17.0 Å². The van der Waals surface area contributed by atoms with Gasteiger partial charge in [0.15, 0.2) is 0 Å². The number of ether oxygens (including phenoxy) is 1. The molecule has 0 bridgehead atoms. The quantitative estimate of drug-likeness (QED) is 0.719. The van der Waals surface area contributed by atoms with Crippen molar-refractivity contribution in [3.05, 3.63) is 54.4 Å². The van der Waals surface area contributed by atoms with Crippen molar-refractivity contribution in [3.63, 3.8) is 0 Å². The molecule has 0 spiro atoms. The van der Waals surface area contributed by atoms with Gasteiger partial charge < -0.3 is 14.6 Å². The minimum Gasteiger partial charge on any atom is -0.543 e. The molecule has 0 radical (unpaired) electrons. The minimum absolute atomic E-state index is 0.0733. The third-order valence-electron chi connectivity index (χ3n) is 3.07. The highest BCUT2D eigenvalue weighted by atomic mass is 16.5. The summed E-state index contributed by atoms with van der Waals surface area (Å²) in [5.74, 6) is -0.509. The van der Waals surface area contributed by atoms with Crippen molar-refractivity contribution < 1.29 is 14.6 Å². The largest absolute Gasteiger partial charge is 0.543 e. The highest BCUT2D eigenvalue weighted by Gasteiger charge is 2.08. The fourth-order valence-electron chi connectivity index (χ4n) is 2.10. The van der Waals surface area contributed by atoms with Crippen molar-refractivity contribution in [2.24, 2.45) is 0 Å². The second kappa shape index (κ2) is 4.70. The van der Waals surface area contributed by atoms with Crippen LogP contribution in [-0.2, 0) is 0 Å². The number of imidazole rings is 1. The molecule has 5 heteroatoms. The first-order valence-corrected chi connectivity index (χ1v) is 6.03. The van der Waals surface area contributed by atoms with E-state index in [0.717, 1.165) is 11.3 Å². The van der Waals surface area contributed by atoms with Crippen LogP contribution >= 0.6 is 0 Å². The third-order valence-corrected chi connectivity index (χ3v) is 3.07. The zero-order valence-corrected chi connectivity index (χ0v) is 10.7. The summed E-state index contributed by atoms with van der Waals surface area (Å²) in [6.45, 7) is 0. The fraction of sp³-hybridized carbons (Fsp3) is 0.0667. The molecule has 100 valence electrons. The molecule has 0 fully saturated rings. The first-order valence-electron chi connectivity index (χ1n) is 6.03. The standard InChI is InChI=1S/C15H12N2O3/c1-20-11-5-2-4-10(8-11)12-9-17-13(15(18)19)6-3-7-14(17)16-12/h2-9H,1H3,(H,18,19)/p-1. The summed E-state index contributed by atoms with van der Waals surface area (Å²) >= 11 is 0. The van der Waals surface area contributed by atoms with E-state index in [-0.39, 0.29) is 5.69 Å². The Kier molecular flexibility index (Phi) is 2.87. The fourth-order valence-corrected chi connectivity index (χ4v) is 2.10. The summed E-state index contributed by atoms with van der Waals surface area (Å²) in [6.07, 6.45) is 1.68. The first-order chi connectivity index (χ1) is 9.69. The summed E-state index contributed by atoms with van der Waals surface area (Å²) in [4.78, 5) is 15.5. The number of nitrogens with zero attached hydrogens (tertiary/aromatic N) is 2. The lowest BCUT2D eigenvalue weighted by atomic mass is 10.1. The molecule has 0 aliphatic rings. The molecule has 2 heterocycles. The van der Waals surface area contributed by atoms with Crippen molar-refractivity contribution in [2.45, 2.75) is 0 Å². The monoisotopic (exact) mass is 267 g/mol. The van der Waals surface area contributed by atoms with Gasteiger partial charge in [-0.05, 0) is 24.3 Å². The lowest BCUT2D eigenvalue weighted by molar-refractivity contribution is -0.255. The predicted octanol–water partition coefficient (Wildman–Crippen LogP) is 1.37. The number of rotatable bonds is 3. The molecule has 0 saturated carbocycles. The molecular weight excluding hydrogens is 256 g/mol. The minimum atomic E-state index is -1.23. The number of benzene rings is 1. The van der Waals surface area contributed by atoms with Crippen molar-refractivity contribution >= 4 is 11.6 Å². The molecule has 0 N–H and O–H groups in total. The van der Waals surface area contributed by atoms with E-state index >= 15 is 0 Å². The highest BCUT2D eigenvalue weighted by Crippen LogP contribution is 2.23.